The van der Waals surface area contributed by atoms with Crippen LogP contribution in [0, 0.1) is 0 Å². The molecular formula is C17H27NO3. The average molecular weight is 293 g/mol. The third-order valence-electron chi connectivity index (χ3n) is 3.91. The molecule has 0 bridgehead atoms. The van der Waals surface area contributed by atoms with Gasteiger partial charge in [-0.1, -0.05) is 6.07 Å². The minimum absolute atomic E-state index is 0.142. The lowest BCUT2D eigenvalue weighted by atomic mass is 10.1. The summed E-state index contributed by atoms with van der Waals surface area (Å²) >= 11 is 0. The van der Waals surface area contributed by atoms with Gasteiger partial charge in [0.25, 0.3) is 0 Å². The number of ether oxygens (including phenoxy) is 3. The van der Waals surface area contributed by atoms with Crippen molar-refractivity contribution in [1.29, 1.82) is 0 Å². The van der Waals surface area contributed by atoms with Crippen LogP contribution in [-0.4, -0.2) is 32.5 Å². The Morgan fingerprint density at radius 2 is 2.00 bits per heavy atom. The van der Waals surface area contributed by atoms with Crippen LogP contribution >= 0.6 is 0 Å². The van der Waals surface area contributed by atoms with E-state index < -0.39 is 0 Å². The Morgan fingerprint density at radius 1 is 1.19 bits per heavy atom. The molecule has 1 aliphatic rings. The van der Waals surface area contributed by atoms with Crippen LogP contribution < -0.4 is 14.8 Å². The third kappa shape index (κ3) is 4.35. The Hall–Kier alpha value is -1.26. The SMILES string of the molecule is COc1cc(CNC2CCCC2OC)ccc1OC(C)C. The monoisotopic (exact) mass is 293 g/mol. The topological polar surface area (TPSA) is 39.7 Å². The minimum atomic E-state index is 0.142. The molecule has 4 heteroatoms. The normalized spacial score (nSPS) is 21.8. The van der Waals surface area contributed by atoms with Gasteiger partial charge in [-0.2, -0.15) is 0 Å². The largest absolute Gasteiger partial charge is 0.493 e. The molecular weight excluding hydrogens is 266 g/mol. The van der Waals surface area contributed by atoms with Gasteiger partial charge in [-0.05, 0) is 50.8 Å². The van der Waals surface area contributed by atoms with Gasteiger partial charge in [0, 0.05) is 19.7 Å². The summed E-state index contributed by atoms with van der Waals surface area (Å²) < 4.78 is 16.7. The van der Waals surface area contributed by atoms with Crippen molar-refractivity contribution in [2.24, 2.45) is 0 Å². The summed E-state index contributed by atoms with van der Waals surface area (Å²) in [4.78, 5) is 0. The van der Waals surface area contributed by atoms with Crippen molar-refractivity contribution in [2.45, 2.75) is 57.9 Å². The number of rotatable bonds is 7. The molecule has 2 atom stereocenters. The van der Waals surface area contributed by atoms with Crippen molar-refractivity contribution in [3.63, 3.8) is 0 Å². The molecule has 118 valence electrons. The van der Waals surface area contributed by atoms with Gasteiger partial charge >= 0.3 is 0 Å². The molecule has 2 rings (SSSR count). The highest BCUT2D eigenvalue weighted by atomic mass is 16.5. The molecule has 1 saturated carbocycles. The zero-order valence-corrected chi connectivity index (χ0v) is 13.5. The molecule has 0 saturated heterocycles. The number of hydrogen-bond donors (Lipinski definition) is 1. The lowest BCUT2D eigenvalue weighted by Crippen LogP contribution is -2.36. The van der Waals surface area contributed by atoms with Crippen molar-refractivity contribution in [1.82, 2.24) is 5.32 Å². The summed E-state index contributed by atoms with van der Waals surface area (Å²) in [5.41, 5.74) is 1.20. The van der Waals surface area contributed by atoms with Crippen LogP contribution in [0.2, 0.25) is 0 Å². The maximum atomic E-state index is 5.74. The molecule has 2 unspecified atom stereocenters. The first kappa shape index (κ1) is 16.1. The van der Waals surface area contributed by atoms with Crippen LogP contribution in [0.25, 0.3) is 0 Å². The fourth-order valence-electron chi connectivity index (χ4n) is 2.86. The Balaban J connectivity index is 1.97. The van der Waals surface area contributed by atoms with Gasteiger partial charge in [-0.15, -0.1) is 0 Å². The second kappa shape index (κ2) is 7.66. The first-order chi connectivity index (χ1) is 10.1. The number of nitrogens with one attached hydrogen (secondary N) is 1. The van der Waals surface area contributed by atoms with E-state index in [-0.39, 0.29) is 6.10 Å². The predicted octanol–water partition coefficient (Wildman–Crippen LogP) is 3.14. The minimum Gasteiger partial charge on any atom is -0.493 e. The zero-order chi connectivity index (χ0) is 15.2. The molecule has 1 N–H and O–H groups in total. The molecule has 1 aliphatic carbocycles. The molecule has 0 spiro atoms. The molecule has 0 amide bonds. The average Bonchev–Trinajstić information content (AvgIpc) is 2.93. The van der Waals surface area contributed by atoms with Crippen LogP contribution in [0.5, 0.6) is 11.5 Å². The molecule has 21 heavy (non-hydrogen) atoms. The molecule has 0 radical (unpaired) electrons. The second-order valence-corrected chi connectivity index (χ2v) is 5.84. The zero-order valence-electron chi connectivity index (χ0n) is 13.5. The van der Waals surface area contributed by atoms with Crippen LogP contribution in [-0.2, 0) is 11.3 Å². The molecule has 4 nitrogen and oxygen atoms in total. The maximum Gasteiger partial charge on any atom is 0.161 e. The van der Waals surface area contributed by atoms with Gasteiger partial charge in [0.1, 0.15) is 0 Å². The highest BCUT2D eigenvalue weighted by Crippen LogP contribution is 2.29. The summed E-state index contributed by atoms with van der Waals surface area (Å²) in [5, 5.41) is 3.59. The summed E-state index contributed by atoms with van der Waals surface area (Å²) in [6.07, 6.45) is 4.06. The van der Waals surface area contributed by atoms with E-state index in [4.69, 9.17) is 14.2 Å². The predicted molar refractivity (Wildman–Crippen MR) is 84.0 cm³/mol. The lowest BCUT2D eigenvalue weighted by Gasteiger charge is -2.20. The van der Waals surface area contributed by atoms with Gasteiger partial charge in [0.15, 0.2) is 11.5 Å². The van der Waals surface area contributed by atoms with E-state index in [0.717, 1.165) is 24.5 Å². The summed E-state index contributed by atoms with van der Waals surface area (Å²) in [6, 6.07) is 6.57. The van der Waals surface area contributed by atoms with E-state index in [9.17, 15) is 0 Å². The fourth-order valence-corrected chi connectivity index (χ4v) is 2.86. The van der Waals surface area contributed by atoms with Crippen LogP contribution in [0.3, 0.4) is 0 Å². The molecule has 1 aromatic rings. The smallest absolute Gasteiger partial charge is 0.161 e. The van der Waals surface area contributed by atoms with Gasteiger partial charge in [-0.25, -0.2) is 0 Å². The van der Waals surface area contributed by atoms with Crippen molar-refractivity contribution < 1.29 is 14.2 Å². The number of methoxy groups -OCH3 is 2. The highest BCUT2D eigenvalue weighted by molar-refractivity contribution is 5.43. The van der Waals surface area contributed by atoms with Crippen LogP contribution in [0.1, 0.15) is 38.7 Å². The van der Waals surface area contributed by atoms with E-state index >= 15 is 0 Å². The molecule has 1 aromatic carbocycles. The fraction of sp³-hybridized carbons (Fsp3) is 0.647. The molecule has 0 heterocycles. The second-order valence-electron chi connectivity index (χ2n) is 5.84. The first-order valence-electron chi connectivity index (χ1n) is 7.73. The Labute approximate surface area is 127 Å². The Kier molecular flexibility index (Phi) is 5.88. The number of hydrogen-bond acceptors (Lipinski definition) is 4. The van der Waals surface area contributed by atoms with Crippen molar-refractivity contribution in [2.75, 3.05) is 14.2 Å². The molecule has 1 fully saturated rings. The van der Waals surface area contributed by atoms with E-state index in [1.165, 1.54) is 18.4 Å². The van der Waals surface area contributed by atoms with Crippen molar-refractivity contribution in [3.05, 3.63) is 23.8 Å². The van der Waals surface area contributed by atoms with E-state index in [1.54, 1.807) is 14.2 Å². The molecule has 0 aromatic heterocycles. The maximum absolute atomic E-state index is 5.74. The highest BCUT2D eigenvalue weighted by Gasteiger charge is 2.26. The van der Waals surface area contributed by atoms with Gasteiger partial charge in [0.2, 0.25) is 0 Å². The summed E-state index contributed by atoms with van der Waals surface area (Å²) in [5.74, 6) is 1.59. The quantitative estimate of drug-likeness (QED) is 0.838. The standard InChI is InChI=1S/C17H27NO3/c1-12(2)21-16-9-8-13(10-17(16)20-4)11-18-14-6-5-7-15(14)19-3/h8-10,12,14-15,18H,5-7,11H2,1-4H3. The Morgan fingerprint density at radius 3 is 2.67 bits per heavy atom. The van der Waals surface area contributed by atoms with E-state index in [1.807, 2.05) is 26.0 Å². The van der Waals surface area contributed by atoms with Crippen molar-refractivity contribution >= 4 is 0 Å². The van der Waals surface area contributed by atoms with Gasteiger partial charge in [-0.3, -0.25) is 0 Å². The Bertz CT molecular complexity index is 448. The third-order valence-corrected chi connectivity index (χ3v) is 3.91. The van der Waals surface area contributed by atoms with Crippen molar-refractivity contribution in [3.8, 4) is 11.5 Å². The summed E-state index contributed by atoms with van der Waals surface area (Å²) in [6.45, 7) is 4.85. The van der Waals surface area contributed by atoms with Gasteiger partial charge < -0.3 is 19.5 Å². The molecule has 0 aliphatic heterocycles. The van der Waals surface area contributed by atoms with Crippen LogP contribution in [0.4, 0.5) is 0 Å². The van der Waals surface area contributed by atoms with Gasteiger partial charge in [0.05, 0.1) is 19.3 Å². The number of benzene rings is 1. The van der Waals surface area contributed by atoms with E-state index in [0.29, 0.717) is 12.1 Å². The lowest BCUT2D eigenvalue weighted by molar-refractivity contribution is 0.0847. The van der Waals surface area contributed by atoms with Crippen LogP contribution in [0.15, 0.2) is 18.2 Å². The first-order valence-corrected chi connectivity index (χ1v) is 7.73. The van der Waals surface area contributed by atoms with E-state index in [2.05, 4.69) is 11.4 Å². The summed E-state index contributed by atoms with van der Waals surface area (Å²) in [7, 11) is 3.48.